The van der Waals surface area contributed by atoms with Crippen LogP contribution < -0.4 is 4.90 Å². The highest BCUT2D eigenvalue weighted by Gasteiger charge is 2.29. The van der Waals surface area contributed by atoms with Gasteiger partial charge in [-0.3, -0.25) is 0 Å². The van der Waals surface area contributed by atoms with Gasteiger partial charge in [0, 0.05) is 37.7 Å². The molecule has 0 N–H and O–H groups in total. The Hall–Kier alpha value is -0.870. The summed E-state index contributed by atoms with van der Waals surface area (Å²) in [6, 6.07) is 2.37. The highest BCUT2D eigenvalue weighted by Crippen LogP contribution is 2.39. The van der Waals surface area contributed by atoms with Crippen molar-refractivity contribution < 1.29 is 0 Å². The first-order valence-electron chi connectivity index (χ1n) is 6.63. The Bertz CT molecular complexity index is 447. The highest BCUT2D eigenvalue weighted by atomic mass is 35.5. The molecule has 2 heterocycles. The quantitative estimate of drug-likeness (QED) is 0.768. The molecule has 0 bridgehead atoms. The molecule has 0 radical (unpaired) electrons. The van der Waals surface area contributed by atoms with Gasteiger partial charge in [0.15, 0.2) is 0 Å². The second kappa shape index (κ2) is 4.67. The van der Waals surface area contributed by atoms with Crippen molar-refractivity contribution in [2.45, 2.75) is 31.7 Å². The number of hydrogen-bond donors (Lipinski definition) is 0. The van der Waals surface area contributed by atoms with E-state index in [0.29, 0.717) is 17.1 Å². The minimum atomic E-state index is 0.474. The number of nitrogens with zero attached hydrogens (tertiary/aromatic N) is 4. The molecule has 18 heavy (non-hydrogen) atoms. The molecule has 1 aromatic heterocycles. The number of hydrogen-bond acceptors (Lipinski definition) is 4. The summed E-state index contributed by atoms with van der Waals surface area (Å²) in [6.07, 6.45) is 2.41. The second-order valence-electron chi connectivity index (χ2n) is 5.49. The van der Waals surface area contributed by atoms with Gasteiger partial charge in [-0.05, 0) is 26.8 Å². The van der Waals surface area contributed by atoms with Crippen molar-refractivity contribution in [3.8, 4) is 0 Å². The molecule has 1 aromatic rings. The van der Waals surface area contributed by atoms with Crippen LogP contribution in [0.3, 0.4) is 0 Å². The zero-order chi connectivity index (χ0) is 12.7. The summed E-state index contributed by atoms with van der Waals surface area (Å²) in [7, 11) is 2.16. The van der Waals surface area contributed by atoms with Crippen LogP contribution in [0.2, 0.25) is 5.15 Å². The van der Waals surface area contributed by atoms with Gasteiger partial charge in [0.05, 0.1) is 0 Å². The average Bonchev–Trinajstić information content (AvgIpc) is 3.11. The Balaban J connectivity index is 1.86. The zero-order valence-electron chi connectivity index (χ0n) is 10.9. The molecule has 0 amide bonds. The molecule has 2 fully saturated rings. The van der Waals surface area contributed by atoms with E-state index in [1.807, 2.05) is 6.07 Å². The van der Waals surface area contributed by atoms with E-state index in [4.69, 9.17) is 16.6 Å². The topological polar surface area (TPSA) is 32.3 Å². The number of piperazine rings is 1. The van der Waals surface area contributed by atoms with Gasteiger partial charge in [-0.1, -0.05) is 11.6 Å². The van der Waals surface area contributed by atoms with Crippen molar-refractivity contribution in [1.82, 2.24) is 14.9 Å². The van der Waals surface area contributed by atoms with Gasteiger partial charge in [-0.2, -0.15) is 0 Å². The minimum absolute atomic E-state index is 0.474. The third kappa shape index (κ3) is 2.45. The summed E-state index contributed by atoms with van der Waals surface area (Å²) < 4.78 is 0. The normalized spacial score (nSPS) is 25.5. The van der Waals surface area contributed by atoms with E-state index in [1.54, 1.807) is 0 Å². The van der Waals surface area contributed by atoms with Crippen LogP contribution in [-0.2, 0) is 0 Å². The van der Waals surface area contributed by atoms with Gasteiger partial charge in [-0.25, -0.2) is 9.97 Å². The SMILES string of the molecule is CC1CN(C)CCN1c1cc(Cl)nc(C2CC2)n1. The minimum Gasteiger partial charge on any atom is -0.351 e. The first-order chi connectivity index (χ1) is 8.63. The number of halogens is 1. The Kier molecular flexibility index (Phi) is 3.16. The lowest BCUT2D eigenvalue weighted by molar-refractivity contribution is 0.274. The standard InChI is InChI=1S/C13H19ClN4/c1-9-8-17(2)5-6-18(9)12-7-11(14)15-13(16-12)10-3-4-10/h7,9-10H,3-6,8H2,1-2H3. The lowest BCUT2D eigenvalue weighted by Crippen LogP contribution is -2.50. The third-order valence-corrected chi connectivity index (χ3v) is 3.96. The van der Waals surface area contributed by atoms with Gasteiger partial charge in [0.2, 0.25) is 0 Å². The molecule has 1 atom stereocenters. The van der Waals surface area contributed by atoms with Crippen LogP contribution in [0.5, 0.6) is 0 Å². The largest absolute Gasteiger partial charge is 0.351 e. The van der Waals surface area contributed by atoms with Gasteiger partial charge in [0.25, 0.3) is 0 Å². The van der Waals surface area contributed by atoms with E-state index in [9.17, 15) is 0 Å². The van der Waals surface area contributed by atoms with E-state index < -0.39 is 0 Å². The fraction of sp³-hybridized carbons (Fsp3) is 0.692. The van der Waals surface area contributed by atoms with Crippen LogP contribution in [0.1, 0.15) is 31.5 Å². The van der Waals surface area contributed by atoms with Crippen LogP contribution >= 0.6 is 11.6 Å². The summed E-state index contributed by atoms with van der Waals surface area (Å²) in [5, 5.41) is 0.577. The molecule has 5 heteroatoms. The maximum Gasteiger partial charge on any atom is 0.135 e. The van der Waals surface area contributed by atoms with E-state index in [1.165, 1.54) is 12.8 Å². The average molecular weight is 267 g/mol. The molecule has 0 spiro atoms. The monoisotopic (exact) mass is 266 g/mol. The van der Waals surface area contributed by atoms with Crippen molar-refractivity contribution in [2.24, 2.45) is 0 Å². The number of likely N-dealkylation sites (N-methyl/N-ethyl adjacent to an activating group) is 1. The lowest BCUT2D eigenvalue weighted by atomic mass is 10.2. The van der Waals surface area contributed by atoms with E-state index >= 15 is 0 Å². The highest BCUT2D eigenvalue weighted by molar-refractivity contribution is 6.29. The predicted octanol–water partition coefficient (Wildman–Crippen LogP) is 2.15. The number of anilines is 1. The molecule has 1 aliphatic heterocycles. The molecule has 1 aliphatic carbocycles. The van der Waals surface area contributed by atoms with Gasteiger partial charge < -0.3 is 9.80 Å². The Morgan fingerprint density at radius 3 is 2.72 bits per heavy atom. The van der Waals surface area contributed by atoms with Crippen LogP contribution in [0, 0.1) is 0 Å². The van der Waals surface area contributed by atoms with Crippen LogP contribution in [-0.4, -0.2) is 47.6 Å². The summed E-state index contributed by atoms with van der Waals surface area (Å²) in [5.41, 5.74) is 0. The molecule has 98 valence electrons. The predicted molar refractivity (Wildman–Crippen MR) is 73.3 cm³/mol. The van der Waals surface area contributed by atoms with Crippen LogP contribution in [0.25, 0.3) is 0 Å². The fourth-order valence-corrected chi connectivity index (χ4v) is 2.76. The Labute approximate surface area is 113 Å². The van der Waals surface area contributed by atoms with Gasteiger partial charge >= 0.3 is 0 Å². The smallest absolute Gasteiger partial charge is 0.135 e. The van der Waals surface area contributed by atoms with Crippen LogP contribution in [0.4, 0.5) is 5.82 Å². The molecule has 1 saturated heterocycles. The zero-order valence-corrected chi connectivity index (χ0v) is 11.7. The molecular formula is C13H19ClN4. The van der Waals surface area contributed by atoms with Crippen molar-refractivity contribution in [3.05, 3.63) is 17.0 Å². The van der Waals surface area contributed by atoms with Crippen molar-refractivity contribution >= 4 is 17.4 Å². The van der Waals surface area contributed by atoms with E-state index in [2.05, 4.69) is 28.8 Å². The van der Waals surface area contributed by atoms with Crippen molar-refractivity contribution in [1.29, 1.82) is 0 Å². The fourth-order valence-electron chi connectivity index (χ4n) is 2.57. The molecular weight excluding hydrogens is 248 g/mol. The summed E-state index contributed by atoms with van der Waals surface area (Å²) in [6.45, 7) is 5.39. The molecule has 1 saturated carbocycles. The van der Waals surface area contributed by atoms with E-state index in [-0.39, 0.29) is 0 Å². The molecule has 0 aromatic carbocycles. The lowest BCUT2D eigenvalue weighted by Gasteiger charge is -2.39. The Morgan fingerprint density at radius 1 is 1.28 bits per heavy atom. The first-order valence-corrected chi connectivity index (χ1v) is 7.01. The van der Waals surface area contributed by atoms with Crippen molar-refractivity contribution in [3.63, 3.8) is 0 Å². The van der Waals surface area contributed by atoms with Crippen LogP contribution in [0.15, 0.2) is 6.07 Å². The first kappa shape index (κ1) is 12.2. The summed E-state index contributed by atoms with van der Waals surface area (Å²) in [4.78, 5) is 13.8. The molecule has 4 nitrogen and oxygen atoms in total. The Morgan fingerprint density at radius 2 is 2.06 bits per heavy atom. The third-order valence-electron chi connectivity index (χ3n) is 3.77. The molecule has 1 unspecified atom stereocenters. The summed E-state index contributed by atoms with van der Waals surface area (Å²) in [5.74, 6) is 2.48. The van der Waals surface area contributed by atoms with E-state index in [0.717, 1.165) is 31.3 Å². The molecule has 3 rings (SSSR count). The van der Waals surface area contributed by atoms with Gasteiger partial charge in [0.1, 0.15) is 16.8 Å². The number of rotatable bonds is 2. The van der Waals surface area contributed by atoms with Gasteiger partial charge in [-0.15, -0.1) is 0 Å². The van der Waals surface area contributed by atoms with Crippen molar-refractivity contribution in [2.75, 3.05) is 31.6 Å². The maximum atomic E-state index is 6.13. The summed E-state index contributed by atoms with van der Waals surface area (Å²) >= 11 is 6.13. The molecule has 2 aliphatic rings. The maximum absolute atomic E-state index is 6.13. The second-order valence-corrected chi connectivity index (χ2v) is 5.87. The number of aromatic nitrogens is 2.